The molecule has 0 unspecified atom stereocenters. The van der Waals surface area contributed by atoms with Crippen LogP contribution in [-0.4, -0.2) is 46.5 Å². The van der Waals surface area contributed by atoms with Gasteiger partial charge in [-0.05, 0) is 148 Å². The van der Waals surface area contributed by atoms with E-state index in [1.807, 2.05) is 121 Å². The first-order chi connectivity index (χ1) is 31.3. The van der Waals surface area contributed by atoms with Gasteiger partial charge in [0.15, 0.2) is 0 Å². The topological polar surface area (TPSA) is 104 Å². The Labute approximate surface area is 401 Å². The second-order valence-corrected chi connectivity index (χ2v) is 16.3. The molecule has 0 N–H and O–H groups in total. The molecule has 10 heteroatoms. The molecule has 7 rings (SSSR count). The van der Waals surface area contributed by atoms with Crippen LogP contribution < -0.4 is 4.74 Å². The maximum atomic E-state index is 5.81. The Morgan fingerprint density at radius 3 is 1.37 bits per heavy atom. The third-order valence-electron chi connectivity index (χ3n) is 10.5. The Hall–Kier alpha value is -5.91. The Kier molecular flexibility index (Phi) is 23.5. The molecule has 0 saturated carbocycles. The second-order valence-electron chi connectivity index (χ2n) is 16.3. The van der Waals surface area contributed by atoms with Gasteiger partial charge in [0.25, 0.3) is 0 Å². The monoisotopic (exact) mass is 956 g/mol. The molecule has 0 saturated heterocycles. The summed E-state index contributed by atoms with van der Waals surface area (Å²) in [7, 11) is 0. The molecule has 65 heavy (non-hydrogen) atoms. The Balaban J connectivity index is 0.000000258. The SMILES string of the molecule is CCCCCCCCCCn1cc(-c2ccc(C#Cc3ccc(OCCCCCC)cc3)cn2)nn1.Cc1ccnc(-c2cc(C)ccn2)c1.Cc1ccnc(-c2cc(C)ccn2)c1.[Ru+2]. The van der Waals surface area contributed by atoms with Crippen LogP contribution in [-0.2, 0) is 26.0 Å². The van der Waals surface area contributed by atoms with Crippen LogP contribution in [0.25, 0.3) is 34.2 Å². The van der Waals surface area contributed by atoms with Crippen molar-refractivity contribution in [1.82, 2.24) is 39.9 Å². The smallest absolute Gasteiger partial charge is 0.494 e. The van der Waals surface area contributed by atoms with Crippen molar-refractivity contribution in [3.8, 4) is 51.8 Å². The van der Waals surface area contributed by atoms with Gasteiger partial charge in [0.05, 0.1) is 41.3 Å². The predicted molar refractivity (Wildman–Crippen MR) is 262 cm³/mol. The molecule has 0 fully saturated rings. The third-order valence-corrected chi connectivity index (χ3v) is 10.5. The van der Waals surface area contributed by atoms with Crippen molar-refractivity contribution in [2.75, 3.05) is 6.61 Å². The zero-order chi connectivity index (χ0) is 45.2. The van der Waals surface area contributed by atoms with Crippen LogP contribution in [0, 0.1) is 39.5 Å². The first-order valence-electron chi connectivity index (χ1n) is 23.1. The molecule has 1 aromatic carbocycles. The van der Waals surface area contributed by atoms with Crippen LogP contribution in [0.4, 0.5) is 0 Å². The summed E-state index contributed by atoms with van der Waals surface area (Å²) in [6.07, 6.45) is 26.4. The van der Waals surface area contributed by atoms with Gasteiger partial charge in [-0.15, -0.1) is 5.10 Å². The summed E-state index contributed by atoms with van der Waals surface area (Å²) in [5.74, 6) is 7.30. The van der Waals surface area contributed by atoms with Crippen molar-refractivity contribution >= 4 is 0 Å². The summed E-state index contributed by atoms with van der Waals surface area (Å²) in [4.78, 5) is 21.7. The van der Waals surface area contributed by atoms with Crippen LogP contribution >= 0.6 is 0 Å². The fourth-order valence-corrected chi connectivity index (χ4v) is 6.75. The van der Waals surface area contributed by atoms with Gasteiger partial charge in [0.2, 0.25) is 0 Å². The molecule has 338 valence electrons. The minimum absolute atomic E-state index is 0. The Morgan fingerprint density at radius 1 is 0.462 bits per heavy atom. The number of aromatic nitrogens is 8. The number of unbranched alkanes of at least 4 members (excludes halogenated alkanes) is 10. The standard InChI is InChI=1S/C31H42N4O.2C12H12N2.Ru/c1-3-5-7-9-10-11-12-13-23-35-26-31(33-34-35)30-22-19-28(25-32-30)16-15-27-17-20-29(21-18-27)36-24-14-8-6-4-2;2*1-9-3-5-13-11(7-9)12-8-10(2)4-6-14-12;/h17-22,25-26H,3-14,23-24H2,1-2H3;2*3-8H,1-2H3;/q;;;+2. The molecule has 0 aliphatic carbocycles. The molecule has 0 atom stereocenters. The van der Waals surface area contributed by atoms with E-state index >= 15 is 0 Å². The van der Waals surface area contributed by atoms with E-state index in [0.717, 1.165) is 77.0 Å². The molecule has 6 aromatic heterocycles. The summed E-state index contributed by atoms with van der Waals surface area (Å²) in [5.41, 5.74) is 12.0. The Morgan fingerprint density at radius 2 is 0.908 bits per heavy atom. The summed E-state index contributed by atoms with van der Waals surface area (Å²) in [6, 6.07) is 28.0. The number of rotatable bonds is 18. The molecule has 0 aliphatic rings. The minimum Gasteiger partial charge on any atom is -0.494 e. The average molecular weight is 956 g/mol. The van der Waals surface area contributed by atoms with E-state index in [4.69, 9.17) is 4.74 Å². The molecule has 0 radical (unpaired) electrons. The zero-order valence-corrected chi connectivity index (χ0v) is 41.0. The number of pyridine rings is 5. The normalized spacial score (nSPS) is 10.3. The van der Waals surface area contributed by atoms with E-state index in [0.29, 0.717) is 0 Å². The number of ether oxygens (including phenoxy) is 1. The van der Waals surface area contributed by atoms with Crippen LogP contribution in [0.1, 0.15) is 124 Å². The van der Waals surface area contributed by atoms with Gasteiger partial charge in [0, 0.05) is 48.7 Å². The molecular weight excluding hydrogens is 890 g/mol. The predicted octanol–water partition coefficient (Wildman–Crippen LogP) is 13.4. The molecular formula is C55H66N8ORu+2. The van der Waals surface area contributed by atoms with E-state index in [-0.39, 0.29) is 19.5 Å². The van der Waals surface area contributed by atoms with Crippen molar-refractivity contribution in [2.24, 2.45) is 0 Å². The molecule has 7 aromatic rings. The van der Waals surface area contributed by atoms with E-state index in [9.17, 15) is 0 Å². The molecule has 0 aliphatic heterocycles. The molecule has 9 nitrogen and oxygen atoms in total. The number of hydrogen-bond donors (Lipinski definition) is 0. The maximum absolute atomic E-state index is 5.81. The van der Waals surface area contributed by atoms with Crippen LogP contribution in [0.2, 0.25) is 0 Å². The molecule has 0 spiro atoms. The van der Waals surface area contributed by atoms with Crippen molar-refractivity contribution in [2.45, 2.75) is 125 Å². The van der Waals surface area contributed by atoms with Gasteiger partial charge >= 0.3 is 19.5 Å². The zero-order valence-electron chi connectivity index (χ0n) is 39.3. The summed E-state index contributed by atoms with van der Waals surface area (Å²) in [6.45, 7) is 14.4. The molecule has 0 bridgehead atoms. The number of hydrogen-bond acceptors (Lipinski definition) is 8. The average Bonchev–Trinajstić information content (AvgIpc) is 3.79. The van der Waals surface area contributed by atoms with Crippen molar-refractivity contribution in [3.63, 3.8) is 0 Å². The van der Waals surface area contributed by atoms with E-state index in [2.05, 4.69) is 88.6 Å². The van der Waals surface area contributed by atoms with Gasteiger partial charge in [-0.25, -0.2) is 0 Å². The fourth-order valence-electron chi connectivity index (χ4n) is 6.75. The molecule has 0 amide bonds. The van der Waals surface area contributed by atoms with E-state index in [1.54, 1.807) is 6.20 Å². The van der Waals surface area contributed by atoms with Gasteiger partial charge in [-0.2, -0.15) is 0 Å². The van der Waals surface area contributed by atoms with Crippen LogP contribution in [0.15, 0.2) is 122 Å². The molecule has 6 heterocycles. The number of benzene rings is 1. The first kappa shape index (κ1) is 51.7. The van der Waals surface area contributed by atoms with Gasteiger partial charge in [-0.1, -0.05) is 95.1 Å². The minimum atomic E-state index is 0. The largest absolute Gasteiger partial charge is 2.00 e. The fraction of sp³-hybridized carbons (Fsp3) is 0.364. The van der Waals surface area contributed by atoms with E-state index in [1.165, 1.54) is 86.5 Å². The van der Waals surface area contributed by atoms with Crippen molar-refractivity contribution < 1.29 is 24.2 Å². The quantitative estimate of drug-likeness (QED) is 0.0476. The van der Waals surface area contributed by atoms with Crippen molar-refractivity contribution in [3.05, 3.63) is 155 Å². The summed E-state index contributed by atoms with van der Waals surface area (Å²) >= 11 is 0. The van der Waals surface area contributed by atoms with Gasteiger partial charge in [-0.3, -0.25) is 29.6 Å². The maximum Gasteiger partial charge on any atom is 2.00 e. The van der Waals surface area contributed by atoms with Crippen molar-refractivity contribution in [1.29, 1.82) is 0 Å². The third kappa shape index (κ3) is 19.4. The second kappa shape index (κ2) is 29.5. The number of nitrogens with zero attached hydrogens (tertiary/aromatic N) is 8. The van der Waals surface area contributed by atoms with Gasteiger partial charge in [0.1, 0.15) is 11.4 Å². The van der Waals surface area contributed by atoms with E-state index < -0.39 is 0 Å². The summed E-state index contributed by atoms with van der Waals surface area (Å²) < 4.78 is 7.74. The Bertz CT molecular complexity index is 2300. The van der Waals surface area contributed by atoms with Crippen LogP contribution in [0.5, 0.6) is 5.75 Å². The summed E-state index contributed by atoms with van der Waals surface area (Å²) in [5, 5.41) is 8.58. The number of aryl methyl sites for hydroxylation is 5. The first-order valence-corrected chi connectivity index (χ1v) is 23.1. The van der Waals surface area contributed by atoms with Gasteiger partial charge < -0.3 is 4.74 Å². The van der Waals surface area contributed by atoms with Crippen LogP contribution in [0.3, 0.4) is 0 Å².